The van der Waals surface area contributed by atoms with Gasteiger partial charge in [-0.1, -0.05) is 24.3 Å². The highest BCUT2D eigenvalue weighted by atomic mass is 32.1. The molecule has 0 fully saturated rings. The second kappa shape index (κ2) is 12.5. The summed E-state index contributed by atoms with van der Waals surface area (Å²) in [5, 5.41) is 3.35. The van der Waals surface area contributed by atoms with E-state index in [0.717, 1.165) is 23.4 Å². The van der Waals surface area contributed by atoms with E-state index in [1.807, 2.05) is 29.2 Å². The first-order chi connectivity index (χ1) is 16.8. The van der Waals surface area contributed by atoms with Crippen LogP contribution in [0.5, 0.6) is 5.75 Å². The number of aromatic nitrogens is 2. The molecule has 1 heterocycles. The van der Waals surface area contributed by atoms with E-state index in [2.05, 4.69) is 14.7 Å². The second-order valence-electron chi connectivity index (χ2n) is 7.73. The zero-order chi connectivity index (χ0) is 25.3. The van der Waals surface area contributed by atoms with Crippen LogP contribution >= 0.6 is 11.5 Å². The molecular formula is C24H27F3N4O3S. The summed E-state index contributed by atoms with van der Waals surface area (Å²) in [6.45, 7) is 1.34. The second-order valence-corrected chi connectivity index (χ2v) is 8.46. The van der Waals surface area contributed by atoms with Crippen molar-refractivity contribution in [2.75, 3.05) is 38.8 Å². The third-order valence-corrected chi connectivity index (χ3v) is 5.96. The highest BCUT2D eigenvalue weighted by Crippen LogP contribution is 2.29. The van der Waals surface area contributed by atoms with Gasteiger partial charge in [-0.3, -0.25) is 4.79 Å². The van der Waals surface area contributed by atoms with Crippen molar-refractivity contribution >= 4 is 22.6 Å². The number of alkyl halides is 3. The predicted octanol–water partition coefficient (Wildman–Crippen LogP) is 4.32. The van der Waals surface area contributed by atoms with Crippen LogP contribution in [0.25, 0.3) is 0 Å². The van der Waals surface area contributed by atoms with Crippen LogP contribution < -0.4 is 15.0 Å². The summed E-state index contributed by atoms with van der Waals surface area (Å²) in [6.07, 6.45) is -3.73. The highest BCUT2D eigenvalue weighted by Gasteiger charge is 2.30. The van der Waals surface area contributed by atoms with Gasteiger partial charge in [0.2, 0.25) is 11.0 Å². The van der Waals surface area contributed by atoms with Gasteiger partial charge in [-0.15, -0.1) is 0 Å². The molecule has 2 aromatic carbocycles. The summed E-state index contributed by atoms with van der Waals surface area (Å²) in [4.78, 5) is 18.9. The maximum absolute atomic E-state index is 12.9. The van der Waals surface area contributed by atoms with E-state index in [-0.39, 0.29) is 18.9 Å². The highest BCUT2D eigenvalue weighted by molar-refractivity contribution is 7.09. The van der Waals surface area contributed by atoms with Crippen LogP contribution in [0.3, 0.4) is 0 Å². The molecule has 0 bridgehead atoms. The summed E-state index contributed by atoms with van der Waals surface area (Å²) in [7, 11) is 3.20. The van der Waals surface area contributed by atoms with Gasteiger partial charge in [-0.2, -0.15) is 17.5 Å². The number of nitrogens with one attached hydrogen (secondary N) is 1. The predicted molar refractivity (Wildman–Crippen MR) is 128 cm³/mol. The lowest BCUT2D eigenvalue weighted by Crippen LogP contribution is -2.32. The Morgan fingerprint density at radius 2 is 1.86 bits per heavy atom. The molecule has 188 valence electrons. The van der Waals surface area contributed by atoms with Crippen molar-refractivity contribution in [1.29, 1.82) is 0 Å². The maximum Gasteiger partial charge on any atom is 0.416 e. The van der Waals surface area contributed by atoms with Gasteiger partial charge in [-0.05, 0) is 35.4 Å². The minimum Gasteiger partial charge on any atom is -0.497 e. The molecule has 1 aromatic heterocycles. The lowest BCUT2D eigenvalue weighted by atomic mass is 10.1. The summed E-state index contributed by atoms with van der Waals surface area (Å²) in [6, 6.07) is 12.6. The van der Waals surface area contributed by atoms with Gasteiger partial charge in [-0.25, -0.2) is 4.98 Å². The summed E-state index contributed by atoms with van der Waals surface area (Å²) in [5.41, 5.74) is 0.665. The topological polar surface area (TPSA) is 76.6 Å². The fourth-order valence-corrected chi connectivity index (χ4v) is 4.03. The third-order valence-electron chi connectivity index (χ3n) is 5.14. The zero-order valence-electron chi connectivity index (χ0n) is 19.5. The van der Waals surface area contributed by atoms with E-state index in [0.29, 0.717) is 42.6 Å². The summed E-state index contributed by atoms with van der Waals surface area (Å²) < 4.78 is 53.5. The Balaban J connectivity index is 1.56. The van der Waals surface area contributed by atoms with Crippen LogP contribution in [0.15, 0.2) is 48.5 Å². The van der Waals surface area contributed by atoms with Crippen molar-refractivity contribution in [2.24, 2.45) is 0 Å². The van der Waals surface area contributed by atoms with Crippen molar-refractivity contribution in [3.8, 4) is 5.75 Å². The molecule has 3 rings (SSSR count). The van der Waals surface area contributed by atoms with E-state index in [1.165, 1.54) is 17.6 Å². The number of amides is 1. The summed E-state index contributed by atoms with van der Waals surface area (Å²) >= 11 is 1.24. The Bertz CT molecular complexity index is 1110. The quantitative estimate of drug-likeness (QED) is 0.393. The Kier molecular flexibility index (Phi) is 9.44. The minimum atomic E-state index is -4.42. The molecule has 35 heavy (non-hydrogen) atoms. The van der Waals surface area contributed by atoms with Gasteiger partial charge in [0.1, 0.15) is 11.6 Å². The Hall–Kier alpha value is -3.18. The van der Waals surface area contributed by atoms with Crippen LogP contribution in [-0.2, 0) is 28.7 Å². The first-order valence-corrected chi connectivity index (χ1v) is 11.7. The smallest absolute Gasteiger partial charge is 0.416 e. The van der Waals surface area contributed by atoms with Gasteiger partial charge < -0.3 is 19.7 Å². The fraction of sp³-hybridized carbons (Fsp3) is 0.375. The number of anilines is 1. The van der Waals surface area contributed by atoms with Gasteiger partial charge in [0.05, 0.1) is 19.3 Å². The molecule has 11 heteroatoms. The normalized spacial score (nSPS) is 11.3. The molecule has 0 unspecified atom stereocenters. The first-order valence-electron chi connectivity index (χ1n) is 10.9. The van der Waals surface area contributed by atoms with E-state index in [9.17, 15) is 18.0 Å². The Morgan fingerprint density at radius 3 is 2.60 bits per heavy atom. The Morgan fingerprint density at radius 1 is 1.09 bits per heavy atom. The molecule has 3 aromatic rings. The number of hydrogen-bond acceptors (Lipinski definition) is 7. The standard InChI is InChI=1S/C24H27F3N4O3S/c1-33-12-11-31(23-29-21(30-35-23)15-17-5-4-8-20(14-17)34-2)10-9-22(32)28-16-18-6-3-7-19(13-18)24(25,26)27/h3-8,13-14H,9-12,15-16H2,1-2H3,(H,28,32). The van der Waals surface area contributed by atoms with Gasteiger partial charge >= 0.3 is 6.18 Å². The van der Waals surface area contributed by atoms with Gasteiger partial charge in [0, 0.05) is 51.1 Å². The average molecular weight is 509 g/mol. The monoisotopic (exact) mass is 508 g/mol. The number of carbonyl (C=O) groups is 1. The zero-order valence-corrected chi connectivity index (χ0v) is 20.3. The van der Waals surface area contributed by atoms with Crippen molar-refractivity contribution < 1.29 is 27.4 Å². The molecule has 1 amide bonds. The molecule has 1 N–H and O–H groups in total. The van der Waals surface area contributed by atoms with Gasteiger partial charge in [0.15, 0.2) is 0 Å². The van der Waals surface area contributed by atoms with Crippen molar-refractivity contribution in [3.63, 3.8) is 0 Å². The molecule has 7 nitrogen and oxygen atoms in total. The maximum atomic E-state index is 12.9. The van der Waals surface area contributed by atoms with Crippen molar-refractivity contribution in [1.82, 2.24) is 14.7 Å². The fourth-order valence-electron chi connectivity index (χ4n) is 3.30. The van der Waals surface area contributed by atoms with E-state index in [1.54, 1.807) is 20.3 Å². The van der Waals surface area contributed by atoms with Crippen LogP contribution in [0, 0.1) is 0 Å². The average Bonchev–Trinajstić information content (AvgIpc) is 3.30. The molecular weight excluding hydrogens is 481 g/mol. The summed E-state index contributed by atoms with van der Waals surface area (Å²) in [5.74, 6) is 1.15. The largest absolute Gasteiger partial charge is 0.497 e. The molecule has 0 saturated heterocycles. The number of nitrogens with zero attached hydrogens (tertiary/aromatic N) is 3. The van der Waals surface area contributed by atoms with E-state index in [4.69, 9.17) is 9.47 Å². The lowest BCUT2D eigenvalue weighted by molar-refractivity contribution is -0.137. The minimum absolute atomic E-state index is 0.0182. The molecule has 0 atom stereocenters. The Labute approximate surface area is 206 Å². The number of halogens is 3. The number of rotatable bonds is 12. The lowest BCUT2D eigenvalue weighted by Gasteiger charge is -2.20. The number of methoxy groups -OCH3 is 2. The van der Waals surface area contributed by atoms with Crippen LogP contribution in [0.4, 0.5) is 18.3 Å². The van der Waals surface area contributed by atoms with Crippen LogP contribution in [0.2, 0.25) is 0 Å². The third kappa shape index (κ3) is 8.22. The van der Waals surface area contributed by atoms with Crippen molar-refractivity contribution in [3.05, 3.63) is 71.0 Å². The molecule has 0 aliphatic rings. The molecule has 0 aliphatic heterocycles. The van der Waals surface area contributed by atoms with Gasteiger partial charge in [0.25, 0.3) is 0 Å². The number of hydrogen-bond donors (Lipinski definition) is 1. The van der Waals surface area contributed by atoms with Crippen LogP contribution in [-0.4, -0.2) is 49.2 Å². The molecule has 0 spiro atoms. The van der Waals surface area contributed by atoms with E-state index >= 15 is 0 Å². The number of ether oxygens (including phenoxy) is 2. The molecule has 0 radical (unpaired) electrons. The van der Waals surface area contributed by atoms with E-state index < -0.39 is 11.7 Å². The molecule has 0 aliphatic carbocycles. The SMILES string of the molecule is COCCN(CCC(=O)NCc1cccc(C(F)(F)F)c1)c1nc(Cc2cccc(OC)c2)ns1. The number of benzene rings is 2. The van der Waals surface area contributed by atoms with Crippen LogP contribution in [0.1, 0.15) is 28.9 Å². The first kappa shape index (κ1) is 26.4. The number of carbonyl (C=O) groups excluding carboxylic acids is 1. The molecule has 0 saturated carbocycles. The van der Waals surface area contributed by atoms with Crippen molar-refractivity contribution in [2.45, 2.75) is 25.6 Å².